The van der Waals surface area contributed by atoms with Gasteiger partial charge in [-0.3, -0.25) is 0 Å². The second-order valence-corrected chi connectivity index (χ2v) is 37.8. The van der Waals surface area contributed by atoms with Gasteiger partial charge in [0.15, 0.2) is 0 Å². The lowest BCUT2D eigenvalue weighted by molar-refractivity contribution is 0.117. The molecule has 24 bridgehead atoms. The Bertz CT molecular complexity index is 7320. The molecule has 0 aliphatic heterocycles. The normalized spacial score (nSPS) is 11.2. The summed E-state index contributed by atoms with van der Waals surface area (Å²) in [5.41, 5.74) is 10.1. The second-order valence-electron chi connectivity index (χ2n) is 37.8. The van der Waals surface area contributed by atoms with Crippen molar-refractivity contribution in [2.24, 2.45) is 0 Å². The van der Waals surface area contributed by atoms with Crippen molar-refractivity contribution in [2.75, 3.05) is 19.8 Å². The summed E-state index contributed by atoms with van der Waals surface area (Å²) >= 11 is 0. The molecule has 0 aliphatic rings. The van der Waals surface area contributed by atoms with Gasteiger partial charge in [0.05, 0.1) is 19.8 Å². The van der Waals surface area contributed by atoms with Crippen LogP contribution in [0.25, 0.3) is 194 Å². The third-order valence-corrected chi connectivity index (χ3v) is 26.4. The highest BCUT2D eigenvalue weighted by molar-refractivity contribution is 6.14. The number of benzene rings is 18. The van der Waals surface area contributed by atoms with E-state index >= 15 is 0 Å². The largest absolute Gasteiger partial charge is 0.377 e. The van der Waals surface area contributed by atoms with Crippen LogP contribution in [0.1, 0.15) is 148 Å². The summed E-state index contributed by atoms with van der Waals surface area (Å²) in [5, 5.41) is 37.8. The van der Waals surface area contributed by atoms with E-state index in [0.717, 1.165) is 283 Å². The average molecular weight is 1780 g/mol. The molecule has 0 N–H and O–H groups in total. The predicted molar refractivity (Wildman–Crippen MR) is 590 cm³/mol. The molecule has 672 valence electrons. The average Bonchev–Trinajstić information content (AvgIpc) is 0.777. The molecule has 0 saturated heterocycles. The number of hydrogen-bond donors (Lipinski definition) is 0. The Balaban J connectivity index is 0.797. The van der Waals surface area contributed by atoms with Crippen molar-refractivity contribution in [3.8, 4) is 0 Å². The van der Waals surface area contributed by atoms with Gasteiger partial charge in [0, 0.05) is 84.5 Å². The number of fused-ring (bicyclic) bond motifs is 24. The van der Waals surface area contributed by atoms with Crippen molar-refractivity contribution in [2.45, 2.75) is 159 Å². The predicted octanol–water partition coefficient (Wildman–Crippen LogP) is 36.6. The topological polar surface area (TPSA) is 27.7 Å². The number of aryl methyl sites for hydroxylation is 6. The zero-order valence-corrected chi connectivity index (χ0v) is 80.9. The monoisotopic (exact) mass is 1780 g/mol. The zero-order chi connectivity index (χ0) is 94.4. The lowest BCUT2D eigenvalue weighted by Gasteiger charge is -2.07. The highest BCUT2D eigenvalue weighted by Gasteiger charge is 2.12. The van der Waals surface area contributed by atoms with Crippen molar-refractivity contribution in [3.05, 3.63) is 432 Å². The SMILES string of the molecule is CCCCCCOCc1cc2cc(c1)c1cc(C)cc(c#cc3cccc4cc5cccc(c#cc6cc(C)cc(c6)c6cc(COCCCCCC)cc(c6)c6cc(C)cc(c#cc7cccc8cc9cccc(c#cc%10cc(C)cc(c%10)c%10cc(COCCCCCC)cc(c%10)c%10cc(C)cc(c#cc%11cccc%12cc%13cccc(c#cc%14cc(C)cc2c%14)c%13cc%11%12)c%10)c9cc78)c6)c5cc34)c1. The Morgan fingerprint density at radius 3 is 0.536 bits per heavy atom. The van der Waals surface area contributed by atoms with Crippen molar-refractivity contribution in [3.63, 3.8) is 0 Å². The molecule has 0 aliphatic carbocycles. The molecule has 3 heteroatoms. The van der Waals surface area contributed by atoms with Crippen LogP contribution in [-0.4, -0.2) is 19.8 Å². The van der Waals surface area contributed by atoms with Crippen LogP contribution in [0.15, 0.2) is 309 Å². The summed E-state index contributed by atoms with van der Waals surface area (Å²) in [4.78, 5) is 0. The molecule has 19 aromatic carbocycles. The summed E-state index contributed by atoms with van der Waals surface area (Å²) in [6.45, 7) is 23.4. The molecule has 0 atom stereocenters. The maximum Gasteiger partial charge on any atom is 0.0717 e. The molecule has 0 spiro atoms. The number of rotatable bonds is 21. The Labute approximate surface area is 813 Å². The van der Waals surface area contributed by atoms with Crippen LogP contribution < -0.4 is 0 Å². The van der Waals surface area contributed by atoms with Gasteiger partial charge in [-0.05, 0) is 440 Å². The minimum atomic E-state index is 0.501. The maximum absolute atomic E-state index is 6.52. The molecule has 138 heavy (non-hydrogen) atoms. The van der Waals surface area contributed by atoms with E-state index in [-0.39, 0.29) is 0 Å². The minimum Gasteiger partial charge on any atom is -0.377 e. The third kappa shape index (κ3) is 22.3. The quantitative estimate of drug-likeness (QED) is 0.0530. The Kier molecular flexibility index (Phi) is 28.5. The Hall–Kier alpha value is -15.2. The van der Waals surface area contributed by atoms with E-state index in [4.69, 9.17) is 14.2 Å². The summed E-state index contributed by atoms with van der Waals surface area (Å²) in [5.74, 6) is 0. The molecule has 0 amide bonds. The van der Waals surface area contributed by atoms with Crippen molar-refractivity contribution in [1.82, 2.24) is 0 Å². The number of hydrogen-bond acceptors (Lipinski definition) is 3. The summed E-state index contributed by atoms with van der Waals surface area (Å²) in [6, 6.07) is 158. The molecular weight excluding hydrogens is 1670 g/mol. The van der Waals surface area contributed by atoms with E-state index in [1.807, 2.05) is 0 Å². The zero-order valence-electron chi connectivity index (χ0n) is 80.9. The van der Waals surface area contributed by atoms with Crippen LogP contribution >= 0.6 is 0 Å². The van der Waals surface area contributed by atoms with Gasteiger partial charge >= 0.3 is 0 Å². The van der Waals surface area contributed by atoms with Crippen LogP contribution in [0.5, 0.6) is 0 Å². The van der Waals surface area contributed by atoms with Gasteiger partial charge in [-0.15, -0.1) is 0 Å². The van der Waals surface area contributed by atoms with Crippen LogP contribution in [0.4, 0.5) is 0 Å². The maximum atomic E-state index is 6.52. The number of ether oxygens (including phenoxy) is 3. The van der Waals surface area contributed by atoms with Crippen LogP contribution in [0.2, 0.25) is 0 Å². The second kappa shape index (κ2) is 42.8. The highest BCUT2D eigenvalue weighted by atomic mass is 16.5. The molecule has 19 rings (SSSR count). The molecule has 0 aromatic heterocycles. The lowest BCUT2D eigenvalue weighted by atomic mass is 9.99. The van der Waals surface area contributed by atoms with E-state index in [1.54, 1.807) is 0 Å². The molecule has 0 fully saturated rings. The first-order valence-corrected chi connectivity index (χ1v) is 49.4. The van der Waals surface area contributed by atoms with Gasteiger partial charge in [0.1, 0.15) is 0 Å². The fraction of sp³-hybridized carbons (Fsp3) is 0.200. The first-order valence-electron chi connectivity index (χ1n) is 49.4. The van der Waals surface area contributed by atoms with Gasteiger partial charge in [-0.2, -0.15) is 0 Å². The van der Waals surface area contributed by atoms with E-state index < -0.39 is 0 Å². The fourth-order valence-electron chi connectivity index (χ4n) is 19.6. The summed E-state index contributed by atoms with van der Waals surface area (Å²) < 4.78 is 19.5. The molecule has 3 nitrogen and oxygen atoms in total. The van der Waals surface area contributed by atoms with Gasteiger partial charge in [0.2, 0.25) is 0 Å². The molecular formula is C135H114O3. The van der Waals surface area contributed by atoms with Crippen LogP contribution in [0.3, 0.4) is 0 Å². The van der Waals surface area contributed by atoms with E-state index in [2.05, 4.69) is 444 Å². The van der Waals surface area contributed by atoms with Crippen molar-refractivity contribution in [1.29, 1.82) is 0 Å². The van der Waals surface area contributed by atoms with Gasteiger partial charge in [0.25, 0.3) is 0 Å². The molecule has 0 unspecified atom stereocenters. The van der Waals surface area contributed by atoms with E-state index in [0.29, 0.717) is 39.6 Å². The van der Waals surface area contributed by atoms with Gasteiger partial charge in [-0.25, -0.2) is 0 Å². The Morgan fingerprint density at radius 2 is 0.348 bits per heavy atom. The van der Waals surface area contributed by atoms with E-state index in [1.165, 1.54) is 38.5 Å². The summed E-state index contributed by atoms with van der Waals surface area (Å²) in [6.07, 6.45) is 13.7. The summed E-state index contributed by atoms with van der Waals surface area (Å²) in [7, 11) is 0. The van der Waals surface area contributed by atoms with Gasteiger partial charge in [-0.1, -0.05) is 261 Å². The first-order chi connectivity index (χ1) is 67.6. The van der Waals surface area contributed by atoms with Crippen molar-refractivity contribution >= 4 is 194 Å². The van der Waals surface area contributed by atoms with Crippen molar-refractivity contribution < 1.29 is 14.2 Å². The first kappa shape index (κ1) is 91.9. The van der Waals surface area contributed by atoms with Gasteiger partial charge < -0.3 is 14.2 Å². The third-order valence-electron chi connectivity index (χ3n) is 26.4. The molecule has 0 saturated carbocycles. The molecule has 19 aromatic rings. The smallest absolute Gasteiger partial charge is 0.0717 e. The molecule has 0 heterocycles. The van der Waals surface area contributed by atoms with Crippen LogP contribution in [0, 0.1) is 114 Å². The standard InChI is InChI=1S/C135H114O3/c1-10-13-16-19-52-136-88-103-73-124-82-125(74-103)119-62-92(5)56-98(68-119)41-47-107-29-23-35-113-80-115-37-25-31-109(133(115)86-131(107)113)49-43-100-58-94(7)64-121(70-100)127-76-105(90-138-54-21-18-15-12-3)78-129(84-127)123-66-96(9)60-102(72-123)45-51-111-33-27-39-117-81-116-38-26-32-110(134(116)87-135(111)117)50-44-101-59-95(8)65-122(71-101)128-77-104(89-137-53-20-17-14-11-2)75-126(83-128)120-63-93(6)57-99(69-120)42-48-108-30-24-36-114-79-112-34-22-28-106(130(112)85-132(108)114)46-40-97-55-91(4)61-118(124)67-97/h22-39,55-87H,10-21,52-54,88-90H2,1-9H3. The lowest BCUT2D eigenvalue weighted by Crippen LogP contribution is -1.95. The molecule has 0 radical (unpaired) electrons. The van der Waals surface area contributed by atoms with E-state index in [9.17, 15) is 0 Å². The number of unbranched alkanes of at least 4 members (excludes halogenated alkanes) is 9. The Morgan fingerprint density at radius 1 is 0.167 bits per heavy atom. The minimum absolute atomic E-state index is 0.501. The fourth-order valence-corrected chi connectivity index (χ4v) is 19.6. The van der Waals surface area contributed by atoms with Crippen LogP contribution in [-0.2, 0) is 34.0 Å². The highest BCUT2D eigenvalue weighted by Crippen LogP contribution is 2.36.